The summed E-state index contributed by atoms with van der Waals surface area (Å²) in [6.07, 6.45) is 0. The summed E-state index contributed by atoms with van der Waals surface area (Å²) in [4.78, 5) is 24.1. The molecule has 0 radical (unpaired) electrons. The Morgan fingerprint density at radius 3 is 2.14 bits per heavy atom. The molecule has 0 aromatic heterocycles. The van der Waals surface area contributed by atoms with E-state index in [-0.39, 0.29) is 13.1 Å². The lowest BCUT2D eigenvalue weighted by Gasteiger charge is -2.33. The first-order valence-electron chi connectivity index (χ1n) is 6.32. The van der Waals surface area contributed by atoms with E-state index >= 15 is 0 Å². The average Bonchev–Trinajstić information content (AvgIpc) is 2.31. The van der Waals surface area contributed by atoms with Crippen LogP contribution in [-0.4, -0.2) is 40.5 Å². The number of benzene rings is 1. The van der Waals surface area contributed by atoms with Crippen LogP contribution < -0.4 is 5.32 Å². The quantitative estimate of drug-likeness (QED) is 0.873. The first kappa shape index (κ1) is 17.0. The normalized spacial score (nSPS) is 11.5. The molecule has 0 fully saturated rings. The number of carboxylic acid groups (broad SMARTS) is 1. The van der Waals surface area contributed by atoms with Gasteiger partial charge < -0.3 is 10.4 Å². The minimum absolute atomic E-state index is 0.288. The van der Waals surface area contributed by atoms with Crippen molar-refractivity contribution >= 4 is 17.6 Å². The number of carboxylic acids is 1. The number of rotatable bonds is 5. The van der Waals surface area contributed by atoms with Crippen LogP contribution in [0.3, 0.4) is 0 Å². The average molecular weight is 300 g/mol. The Labute approximate surface area is 121 Å². The van der Waals surface area contributed by atoms with Crippen molar-refractivity contribution in [2.24, 2.45) is 0 Å². The number of hydrogen-bond donors (Lipinski definition) is 2. The van der Waals surface area contributed by atoms with Crippen LogP contribution in [0.1, 0.15) is 20.8 Å². The standard InChI is InChI=1S/C14H18F2N2O3/c1-14(2,3)18(8-12(20)21)7-11(19)17-13-9(15)5-4-6-10(13)16/h4-6H,7-8H2,1-3H3,(H,17,19)(H,20,21). The van der Waals surface area contributed by atoms with Crippen LogP contribution in [0.5, 0.6) is 0 Å². The number of carbonyl (C=O) groups excluding carboxylic acids is 1. The highest BCUT2D eigenvalue weighted by atomic mass is 19.1. The third-order valence-corrected chi connectivity index (χ3v) is 2.84. The van der Waals surface area contributed by atoms with Crippen molar-refractivity contribution in [1.82, 2.24) is 4.90 Å². The predicted octanol–water partition coefficient (Wildman–Crippen LogP) is 2.09. The van der Waals surface area contributed by atoms with Gasteiger partial charge in [0, 0.05) is 5.54 Å². The number of para-hydroxylation sites is 1. The second-order valence-electron chi connectivity index (χ2n) is 5.57. The third kappa shape index (κ3) is 5.11. The number of anilines is 1. The number of hydrogen-bond acceptors (Lipinski definition) is 3. The van der Waals surface area contributed by atoms with Crippen molar-refractivity contribution in [3.8, 4) is 0 Å². The van der Waals surface area contributed by atoms with Crippen LogP contribution in [0.15, 0.2) is 18.2 Å². The Bertz CT molecular complexity index is 521. The molecule has 1 aromatic rings. The van der Waals surface area contributed by atoms with Gasteiger partial charge in [0.1, 0.15) is 17.3 Å². The first-order valence-corrected chi connectivity index (χ1v) is 6.32. The van der Waals surface area contributed by atoms with Gasteiger partial charge in [-0.2, -0.15) is 0 Å². The Morgan fingerprint density at radius 2 is 1.71 bits per heavy atom. The molecule has 0 heterocycles. The molecule has 0 spiro atoms. The van der Waals surface area contributed by atoms with Gasteiger partial charge in [-0.05, 0) is 32.9 Å². The number of amides is 1. The summed E-state index contributed by atoms with van der Waals surface area (Å²) < 4.78 is 26.9. The number of nitrogens with one attached hydrogen (secondary N) is 1. The maximum absolute atomic E-state index is 13.4. The van der Waals surface area contributed by atoms with Gasteiger partial charge >= 0.3 is 5.97 Å². The highest BCUT2D eigenvalue weighted by Gasteiger charge is 2.26. The number of aliphatic carboxylic acids is 1. The second kappa shape index (κ2) is 6.62. The Kier molecular flexibility index (Phi) is 5.37. The molecule has 0 bridgehead atoms. The van der Waals surface area contributed by atoms with Crippen molar-refractivity contribution < 1.29 is 23.5 Å². The van der Waals surface area contributed by atoms with Crippen LogP contribution in [0.4, 0.5) is 14.5 Å². The molecule has 116 valence electrons. The molecule has 1 rings (SSSR count). The molecular weight excluding hydrogens is 282 g/mol. The molecule has 5 nitrogen and oxygen atoms in total. The Morgan fingerprint density at radius 1 is 1.19 bits per heavy atom. The predicted molar refractivity (Wildman–Crippen MR) is 73.9 cm³/mol. The summed E-state index contributed by atoms with van der Waals surface area (Å²) in [6.45, 7) is 4.59. The van der Waals surface area contributed by atoms with Crippen molar-refractivity contribution in [2.45, 2.75) is 26.3 Å². The van der Waals surface area contributed by atoms with Crippen LogP contribution in [0, 0.1) is 11.6 Å². The second-order valence-corrected chi connectivity index (χ2v) is 5.57. The number of carbonyl (C=O) groups is 2. The summed E-state index contributed by atoms with van der Waals surface area (Å²) in [5.41, 5.74) is -1.12. The van der Waals surface area contributed by atoms with E-state index in [1.54, 1.807) is 20.8 Å². The van der Waals surface area contributed by atoms with Crippen LogP contribution in [0.25, 0.3) is 0 Å². The molecule has 0 aliphatic carbocycles. The highest BCUT2D eigenvalue weighted by molar-refractivity contribution is 5.92. The van der Waals surface area contributed by atoms with Crippen molar-refractivity contribution in [3.05, 3.63) is 29.8 Å². The van der Waals surface area contributed by atoms with Gasteiger partial charge in [-0.3, -0.25) is 14.5 Å². The minimum Gasteiger partial charge on any atom is -0.480 e. The lowest BCUT2D eigenvalue weighted by Crippen LogP contribution is -2.48. The largest absolute Gasteiger partial charge is 0.480 e. The maximum Gasteiger partial charge on any atom is 0.317 e. The summed E-state index contributed by atoms with van der Waals surface area (Å²) in [5.74, 6) is -3.54. The maximum atomic E-state index is 13.4. The summed E-state index contributed by atoms with van der Waals surface area (Å²) in [5, 5.41) is 11.0. The van der Waals surface area contributed by atoms with E-state index in [2.05, 4.69) is 5.32 Å². The van der Waals surface area contributed by atoms with E-state index in [0.717, 1.165) is 12.1 Å². The molecule has 21 heavy (non-hydrogen) atoms. The Balaban J connectivity index is 2.81. The molecule has 0 atom stereocenters. The van der Waals surface area contributed by atoms with E-state index in [1.165, 1.54) is 11.0 Å². The van der Waals surface area contributed by atoms with Gasteiger partial charge in [0.2, 0.25) is 5.91 Å². The zero-order chi connectivity index (χ0) is 16.2. The molecule has 0 saturated heterocycles. The highest BCUT2D eigenvalue weighted by Crippen LogP contribution is 2.18. The first-order chi connectivity index (χ1) is 9.61. The lowest BCUT2D eigenvalue weighted by molar-refractivity contribution is -0.140. The van der Waals surface area contributed by atoms with Crippen molar-refractivity contribution in [2.75, 3.05) is 18.4 Å². The number of nitrogens with zero attached hydrogens (tertiary/aromatic N) is 1. The van der Waals surface area contributed by atoms with Crippen LogP contribution in [0.2, 0.25) is 0 Å². The summed E-state index contributed by atoms with van der Waals surface area (Å²) >= 11 is 0. The van der Waals surface area contributed by atoms with Gasteiger partial charge in [-0.25, -0.2) is 8.78 Å². The fraction of sp³-hybridized carbons (Fsp3) is 0.429. The molecular formula is C14H18F2N2O3. The zero-order valence-corrected chi connectivity index (χ0v) is 12.1. The van der Waals surface area contributed by atoms with Gasteiger partial charge in [0.15, 0.2) is 0 Å². The summed E-state index contributed by atoms with van der Waals surface area (Å²) in [6, 6.07) is 3.24. The third-order valence-electron chi connectivity index (χ3n) is 2.84. The van der Waals surface area contributed by atoms with Gasteiger partial charge in [-0.15, -0.1) is 0 Å². The Hall–Kier alpha value is -2.02. The van der Waals surface area contributed by atoms with Crippen molar-refractivity contribution in [3.63, 3.8) is 0 Å². The van der Waals surface area contributed by atoms with E-state index in [4.69, 9.17) is 5.11 Å². The molecule has 0 aliphatic heterocycles. The smallest absolute Gasteiger partial charge is 0.317 e. The molecule has 2 N–H and O–H groups in total. The zero-order valence-electron chi connectivity index (χ0n) is 12.1. The van der Waals surface area contributed by atoms with E-state index in [0.29, 0.717) is 0 Å². The SMILES string of the molecule is CC(C)(C)N(CC(=O)O)CC(=O)Nc1c(F)cccc1F. The van der Waals surface area contributed by atoms with E-state index in [1.807, 2.05) is 0 Å². The van der Waals surface area contributed by atoms with Crippen LogP contribution in [-0.2, 0) is 9.59 Å². The fourth-order valence-electron chi connectivity index (χ4n) is 1.66. The molecule has 0 unspecified atom stereocenters. The van der Waals surface area contributed by atoms with Gasteiger partial charge in [0.25, 0.3) is 0 Å². The molecule has 0 aliphatic rings. The minimum atomic E-state index is -1.09. The molecule has 7 heteroatoms. The van der Waals surface area contributed by atoms with E-state index in [9.17, 15) is 18.4 Å². The fourth-order valence-corrected chi connectivity index (χ4v) is 1.66. The van der Waals surface area contributed by atoms with Gasteiger partial charge in [-0.1, -0.05) is 6.07 Å². The number of halogens is 2. The van der Waals surface area contributed by atoms with E-state index < -0.39 is 34.7 Å². The van der Waals surface area contributed by atoms with Crippen LogP contribution >= 0.6 is 0 Å². The molecule has 0 saturated carbocycles. The monoisotopic (exact) mass is 300 g/mol. The topological polar surface area (TPSA) is 69.6 Å². The van der Waals surface area contributed by atoms with Gasteiger partial charge in [0.05, 0.1) is 13.1 Å². The summed E-state index contributed by atoms with van der Waals surface area (Å²) in [7, 11) is 0. The molecule has 1 aromatic carbocycles. The molecule has 1 amide bonds. The van der Waals surface area contributed by atoms with Crippen molar-refractivity contribution in [1.29, 1.82) is 0 Å². The lowest BCUT2D eigenvalue weighted by atomic mass is 10.1.